The molecule has 0 amide bonds. The summed E-state index contributed by atoms with van der Waals surface area (Å²) in [6.45, 7) is 2.38. The normalized spacial score (nSPS) is 27.2. The fourth-order valence-electron chi connectivity index (χ4n) is 2.77. The Kier molecular flexibility index (Phi) is 3.86. The van der Waals surface area contributed by atoms with Crippen LogP contribution in [0.25, 0.3) is 0 Å². The predicted octanol–water partition coefficient (Wildman–Crippen LogP) is 3.49. The van der Waals surface area contributed by atoms with Gasteiger partial charge in [-0.1, -0.05) is 38.5 Å². The highest BCUT2D eigenvalue weighted by molar-refractivity contribution is 4.81. The van der Waals surface area contributed by atoms with Gasteiger partial charge >= 0.3 is 0 Å². The second-order valence-corrected chi connectivity index (χ2v) is 5.44. The van der Waals surface area contributed by atoms with Gasteiger partial charge in [0.25, 0.3) is 0 Å². The average Bonchev–Trinajstić information content (AvgIpc) is 2.93. The predicted molar refractivity (Wildman–Crippen MR) is 61.4 cm³/mol. The molecule has 14 heavy (non-hydrogen) atoms. The average molecular weight is 195 g/mol. The maximum absolute atomic E-state index is 3.83. The molecule has 0 aromatic heterocycles. The van der Waals surface area contributed by atoms with Crippen molar-refractivity contribution in [3.05, 3.63) is 0 Å². The third kappa shape index (κ3) is 3.61. The SMILES string of the molecule is CC(CC1CC1)NC1CCCCCC1. The topological polar surface area (TPSA) is 12.0 Å². The van der Waals surface area contributed by atoms with E-state index >= 15 is 0 Å². The van der Waals surface area contributed by atoms with Gasteiger partial charge in [-0.2, -0.15) is 0 Å². The van der Waals surface area contributed by atoms with Crippen molar-refractivity contribution in [2.45, 2.75) is 76.8 Å². The molecule has 1 atom stereocenters. The molecule has 1 N–H and O–H groups in total. The van der Waals surface area contributed by atoms with Crippen molar-refractivity contribution in [2.24, 2.45) is 5.92 Å². The van der Waals surface area contributed by atoms with Gasteiger partial charge in [0, 0.05) is 12.1 Å². The summed E-state index contributed by atoms with van der Waals surface area (Å²) in [5.41, 5.74) is 0. The Morgan fingerprint density at radius 3 is 2.21 bits per heavy atom. The van der Waals surface area contributed by atoms with Crippen molar-refractivity contribution in [2.75, 3.05) is 0 Å². The Labute approximate surface area is 88.7 Å². The van der Waals surface area contributed by atoms with E-state index in [0.29, 0.717) is 0 Å². The highest BCUT2D eigenvalue weighted by Crippen LogP contribution is 2.33. The van der Waals surface area contributed by atoms with E-state index in [1.165, 1.54) is 57.8 Å². The quantitative estimate of drug-likeness (QED) is 0.677. The van der Waals surface area contributed by atoms with E-state index in [9.17, 15) is 0 Å². The molecule has 1 unspecified atom stereocenters. The van der Waals surface area contributed by atoms with Gasteiger partial charge in [0.1, 0.15) is 0 Å². The van der Waals surface area contributed by atoms with Gasteiger partial charge in [-0.05, 0) is 32.1 Å². The summed E-state index contributed by atoms with van der Waals surface area (Å²) in [4.78, 5) is 0. The molecule has 0 aliphatic heterocycles. The zero-order valence-corrected chi connectivity index (χ0v) is 9.60. The van der Waals surface area contributed by atoms with Crippen LogP contribution in [-0.2, 0) is 0 Å². The zero-order chi connectivity index (χ0) is 9.80. The van der Waals surface area contributed by atoms with E-state index in [4.69, 9.17) is 0 Å². The van der Waals surface area contributed by atoms with Crippen LogP contribution in [0, 0.1) is 5.92 Å². The molecule has 0 heterocycles. The van der Waals surface area contributed by atoms with Crippen LogP contribution >= 0.6 is 0 Å². The molecule has 1 nitrogen and oxygen atoms in total. The first-order valence-electron chi connectivity index (χ1n) is 6.60. The number of nitrogens with one attached hydrogen (secondary N) is 1. The van der Waals surface area contributed by atoms with Crippen LogP contribution in [-0.4, -0.2) is 12.1 Å². The summed E-state index contributed by atoms with van der Waals surface area (Å²) < 4.78 is 0. The van der Waals surface area contributed by atoms with Crippen molar-refractivity contribution in [3.63, 3.8) is 0 Å². The van der Waals surface area contributed by atoms with Crippen LogP contribution in [0.1, 0.15) is 64.7 Å². The molecule has 0 saturated heterocycles. The summed E-state index contributed by atoms with van der Waals surface area (Å²) in [5.74, 6) is 1.07. The van der Waals surface area contributed by atoms with Crippen molar-refractivity contribution >= 4 is 0 Å². The lowest BCUT2D eigenvalue weighted by Gasteiger charge is -2.21. The Morgan fingerprint density at radius 1 is 1.00 bits per heavy atom. The highest BCUT2D eigenvalue weighted by Gasteiger charge is 2.24. The van der Waals surface area contributed by atoms with Crippen LogP contribution in [0.15, 0.2) is 0 Å². The largest absolute Gasteiger partial charge is 0.311 e. The van der Waals surface area contributed by atoms with Crippen molar-refractivity contribution in [3.8, 4) is 0 Å². The van der Waals surface area contributed by atoms with E-state index in [2.05, 4.69) is 12.2 Å². The molecule has 2 rings (SSSR count). The zero-order valence-electron chi connectivity index (χ0n) is 9.60. The third-order valence-corrected chi connectivity index (χ3v) is 3.76. The minimum atomic E-state index is 0.769. The van der Waals surface area contributed by atoms with Crippen molar-refractivity contribution in [1.29, 1.82) is 0 Å². The maximum atomic E-state index is 3.83. The molecule has 2 saturated carbocycles. The third-order valence-electron chi connectivity index (χ3n) is 3.76. The monoisotopic (exact) mass is 195 g/mol. The highest BCUT2D eigenvalue weighted by atomic mass is 14.9. The summed E-state index contributed by atoms with van der Waals surface area (Å²) in [6.07, 6.45) is 13.1. The number of hydrogen-bond acceptors (Lipinski definition) is 1. The second-order valence-electron chi connectivity index (χ2n) is 5.44. The molecule has 0 spiro atoms. The van der Waals surface area contributed by atoms with Crippen LogP contribution < -0.4 is 5.32 Å². The second kappa shape index (κ2) is 5.16. The van der Waals surface area contributed by atoms with Crippen LogP contribution in [0.2, 0.25) is 0 Å². The lowest BCUT2D eigenvalue weighted by atomic mass is 10.1. The summed E-state index contributed by atoms with van der Waals surface area (Å²) in [5, 5.41) is 3.83. The summed E-state index contributed by atoms with van der Waals surface area (Å²) in [7, 11) is 0. The lowest BCUT2D eigenvalue weighted by molar-refractivity contribution is 0.384. The lowest BCUT2D eigenvalue weighted by Crippen LogP contribution is -2.36. The molecule has 0 radical (unpaired) electrons. The van der Waals surface area contributed by atoms with Crippen LogP contribution in [0.4, 0.5) is 0 Å². The van der Waals surface area contributed by atoms with Gasteiger partial charge in [-0.3, -0.25) is 0 Å². The summed E-state index contributed by atoms with van der Waals surface area (Å²) in [6, 6.07) is 1.61. The fraction of sp³-hybridized carbons (Fsp3) is 1.00. The van der Waals surface area contributed by atoms with E-state index in [0.717, 1.165) is 18.0 Å². The smallest absolute Gasteiger partial charge is 0.00695 e. The molecule has 2 aliphatic rings. The van der Waals surface area contributed by atoms with Gasteiger partial charge in [0.2, 0.25) is 0 Å². The van der Waals surface area contributed by atoms with Gasteiger partial charge < -0.3 is 5.32 Å². The Balaban J connectivity index is 1.65. The van der Waals surface area contributed by atoms with E-state index in [1.807, 2.05) is 0 Å². The standard InChI is InChI=1S/C13H25N/c1-11(10-12-8-9-12)14-13-6-4-2-3-5-7-13/h11-14H,2-10H2,1H3. The molecule has 2 fully saturated rings. The fourth-order valence-corrected chi connectivity index (χ4v) is 2.77. The maximum Gasteiger partial charge on any atom is 0.00695 e. The van der Waals surface area contributed by atoms with E-state index < -0.39 is 0 Å². The Hall–Kier alpha value is -0.0400. The molecule has 2 aliphatic carbocycles. The first kappa shape index (κ1) is 10.5. The molecule has 0 bridgehead atoms. The minimum absolute atomic E-state index is 0.769. The van der Waals surface area contributed by atoms with E-state index in [1.54, 1.807) is 0 Å². The molecular formula is C13H25N. The molecule has 82 valence electrons. The Bertz CT molecular complexity index is 155. The van der Waals surface area contributed by atoms with Crippen LogP contribution in [0.3, 0.4) is 0 Å². The van der Waals surface area contributed by atoms with Gasteiger partial charge in [-0.25, -0.2) is 0 Å². The van der Waals surface area contributed by atoms with Gasteiger partial charge in [-0.15, -0.1) is 0 Å². The van der Waals surface area contributed by atoms with Gasteiger partial charge in [0.05, 0.1) is 0 Å². The first-order valence-corrected chi connectivity index (χ1v) is 6.60. The summed E-state index contributed by atoms with van der Waals surface area (Å²) >= 11 is 0. The number of hydrogen-bond donors (Lipinski definition) is 1. The van der Waals surface area contributed by atoms with E-state index in [-0.39, 0.29) is 0 Å². The van der Waals surface area contributed by atoms with Crippen molar-refractivity contribution < 1.29 is 0 Å². The van der Waals surface area contributed by atoms with Crippen molar-refractivity contribution in [1.82, 2.24) is 5.32 Å². The van der Waals surface area contributed by atoms with Crippen LogP contribution in [0.5, 0.6) is 0 Å². The number of rotatable bonds is 4. The first-order chi connectivity index (χ1) is 6.84. The molecular weight excluding hydrogens is 170 g/mol. The molecule has 0 aromatic carbocycles. The molecule has 0 aromatic rings. The molecule has 1 heteroatoms. The minimum Gasteiger partial charge on any atom is -0.311 e. The van der Waals surface area contributed by atoms with Gasteiger partial charge in [0.15, 0.2) is 0 Å². The Morgan fingerprint density at radius 2 is 1.64 bits per heavy atom.